The molecule has 0 spiro atoms. The molecule has 2 atom stereocenters. The van der Waals surface area contributed by atoms with Crippen molar-refractivity contribution in [1.82, 2.24) is 9.63 Å². The molecule has 2 heterocycles. The maximum absolute atomic E-state index is 13.6. The number of pyridine rings is 1. The zero-order valence-corrected chi connectivity index (χ0v) is 20.1. The third-order valence-electron chi connectivity index (χ3n) is 7.57. The number of aromatic nitrogens is 1. The van der Waals surface area contributed by atoms with Crippen molar-refractivity contribution >= 4 is 22.5 Å². The van der Waals surface area contributed by atoms with Crippen molar-refractivity contribution in [1.29, 1.82) is 0 Å². The molecule has 1 aliphatic heterocycles. The molecule has 1 aliphatic carbocycles. The number of fused-ring (bicyclic) bond motifs is 2. The topological polar surface area (TPSA) is 45.5 Å². The summed E-state index contributed by atoms with van der Waals surface area (Å²) in [5, 5.41) is 11.9. The first-order valence-electron chi connectivity index (χ1n) is 12.2. The number of nitrogens with zero attached hydrogens (tertiary/aromatic N) is 2. The Kier molecular flexibility index (Phi) is 6.57. The summed E-state index contributed by atoms with van der Waals surface area (Å²) in [7, 11) is 0. The number of benzene rings is 2. The van der Waals surface area contributed by atoms with Gasteiger partial charge < -0.3 is 10.1 Å². The summed E-state index contributed by atoms with van der Waals surface area (Å²) in [6.07, 6.45) is 0.460. The first-order valence-corrected chi connectivity index (χ1v) is 12.6. The maximum atomic E-state index is 13.6. The van der Waals surface area contributed by atoms with Crippen molar-refractivity contribution in [2.24, 2.45) is 0 Å². The van der Waals surface area contributed by atoms with E-state index in [4.69, 9.17) is 11.6 Å². The first kappa shape index (κ1) is 24.2. The van der Waals surface area contributed by atoms with Crippen molar-refractivity contribution in [3.63, 3.8) is 0 Å². The zero-order chi connectivity index (χ0) is 24.7. The van der Waals surface area contributed by atoms with E-state index in [1.807, 2.05) is 0 Å². The van der Waals surface area contributed by atoms with Crippen LogP contribution in [0.15, 0.2) is 47.3 Å². The predicted molar refractivity (Wildman–Crippen MR) is 131 cm³/mol. The van der Waals surface area contributed by atoms with Gasteiger partial charge in [0.15, 0.2) is 5.43 Å². The van der Waals surface area contributed by atoms with E-state index < -0.39 is 11.7 Å². The van der Waals surface area contributed by atoms with Crippen molar-refractivity contribution in [3.8, 4) is 0 Å². The summed E-state index contributed by atoms with van der Waals surface area (Å²) in [5.41, 5.74) is 1.19. The highest BCUT2D eigenvalue weighted by Crippen LogP contribution is 2.43. The molecule has 35 heavy (non-hydrogen) atoms. The van der Waals surface area contributed by atoms with Gasteiger partial charge in [0.25, 0.3) is 0 Å². The summed E-state index contributed by atoms with van der Waals surface area (Å²) in [6, 6.07) is 10.2. The lowest BCUT2D eigenvalue weighted by atomic mass is 9.73. The minimum Gasteiger partial charge on any atom is -0.428 e. The van der Waals surface area contributed by atoms with Gasteiger partial charge in [-0.05, 0) is 99.8 Å². The van der Waals surface area contributed by atoms with Crippen LogP contribution in [0.5, 0.6) is 0 Å². The lowest BCUT2D eigenvalue weighted by Gasteiger charge is -2.33. The van der Waals surface area contributed by atoms with Crippen LogP contribution in [0, 0.1) is 0 Å². The largest absolute Gasteiger partial charge is 0.428 e. The Hall–Kier alpha value is -2.51. The summed E-state index contributed by atoms with van der Waals surface area (Å²) in [4.78, 5) is 16.0. The van der Waals surface area contributed by atoms with Gasteiger partial charge in [0.2, 0.25) is 0 Å². The number of halogens is 4. The number of hydrogen-bond donors (Lipinski definition) is 1. The van der Waals surface area contributed by atoms with E-state index in [1.54, 1.807) is 24.3 Å². The Balaban J connectivity index is 1.55. The molecule has 1 aromatic heterocycles. The van der Waals surface area contributed by atoms with Gasteiger partial charge in [0.05, 0.1) is 22.2 Å². The van der Waals surface area contributed by atoms with Crippen LogP contribution in [0.4, 0.5) is 13.2 Å². The van der Waals surface area contributed by atoms with Crippen LogP contribution in [-0.4, -0.2) is 34.5 Å². The molecule has 2 aromatic carbocycles. The summed E-state index contributed by atoms with van der Waals surface area (Å²) >= 11 is 6.15. The van der Waals surface area contributed by atoms with Crippen LogP contribution in [0.2, 0.25) is 5.02 Å². The van der Waals surface area contributed by atoms with E-state index in [-0.39, 0.29) is 17.3 Å². The fraction of sp³-hybridized carbons (Fsp3) is 0.444. The van der Waals surface area contributed by atoms with E-state index in [0.29, 0.717) is 45.6 Å². The Morgan fingerprint density at radius 1 is 1.09 bits per heavy atom. The molecule has 1 N–H and O–H groups in total. The third kappa shape index (κ3) is 4.81. The Morgan fingerprint density at radius 3 is 2.60 bits per heavy atom. The first-order chi connectivity index (χ1) is 16.7. The molecule has 3 aromatic rings. The van der Waals surface area contributed by atoms with E-state index in [0.717, 1.165) is 43.3 Å². The van der Waals surface area contributed by atoms with E-state index in [9.17, 15) is 23.2 Å². The van der Waals surface area contributed by atoms with Crippen LogP contribution in [0.1, 0.15) is 66.3 Å². The van der Waals surface area contributed by atoms with Crippen molar-refractivity contribution in [3.05, 3.63) is 80.1 Å². The number of likely N-dealkylation sites (tertiary alicyclic amines) is 1. The van der Waals surface area contributed by atoms with Gasteiger partial charge in [0.1, 0.15) is 0 Å². The van der Waals surface area contributed by atoms with Gasteiger partial charge in [0, 0.05) is 10.6 Å². The molecule has 8 heteroatoms. The standard InChI is InChI=1S/C27H28ClF3N2O2/c28-21-8-9-23-22(16-21)26(34)25-18(6-4-12-32-10-1-2-11-32)13-19(15-24(25)33(23)35)17-5-3-7-20(14-17)27(29,30)31/h3,5,7-9,14,16,18-19,35H,1-2,4,6,10-13,15H2. The van der Waals surface area contributed by atoms with Gasteiger partial charge in [-0.15, -0.1) is 0 Å². The highest BCUT2D eigenvalue weighted by molar-refractivity contribution is 6.31. The van der Waals surface area contributed by atoms with E-state index in [1.165, 1.54) is 25.0 Å². The van der Waals surface area contributed by atoms with Gasteiger partial charge in [-0.25, -0.2) is 0 Å². The highest BCUT2D eigenvalue weighted by atomic mass is 35.5. The van der Waals surface area contributed by atoms with Gasteiger partial charge in [-0.3, -0.25) is 4.79 Å². The van der Waals surface area contributed by atoms with Crippen LogP contribution >= 0.6 is 11.6 Å². The lowest BCUT2D eigenvalue weighted by molar-refractivity contribution is -0.137. The second kappa shape index (κ2) is 9.51. The molecule has 0 amide bonds. The normalized spacial score (nSPS) is 20.9. The van der Waals surface area contributed by atoms with Crippen LogP contribution < -0.4 is 5.43 Å². The summed E-state index contributed by atoms with van der Waals surface area (Å²) in [6.45, 7) is 3.11. The second-order valence-electron chi connectivity index (χ2n) is 9.81. The van der Waals surface area contributed by atoms with Gasteiger partial charge in [-0.2, -0.15) is 17.9 Å². The fourth-order valence-electron chi connectivity index (χ4n) is 5.86. The molecule has 5 rings (SSSR count). The summed E-state index contributed by atoms with van der Waals surface area (Å²) in [5.74, 6) is -0.390. The smallest absolute Gasteiger partial charge is 0.416 e. The minimum absolute atomic E-state index is 0.142. The van der Waals surface area contributed by atoms with Crippen molar-refractivity contribution in [2.45, 2.75) is 56.5 Å². The summed E-state index contributed by atoms with van der Waals surface area (Å²) < 4.78 is 41.2. The van der Waals surface area contributed by atoms with Crippen molar-refractivity contribution in [2.75, 3.05) is 19.6 Å². The van der Waals surface area contributed by atoms with Crippen LogP contribution in [-0.2, 0) is 12.6 Å². The molecular weight excluding hydrogens is 477 g/mol. The molecule has 0 bridgehead atoms. The van der Waals surface area contributed by atoms with E-state index in [2.05, 4.69) is 4.90 Å². The Bertz CT molecular complexity index is 1300. The van der Waals surface area contributed by atoms with Gasteiger partial charge >= 0.3 is 6.18 Å². The van der Waals surface area contributed by atoms with Gasteiger partial charge in [-0.1, -0.05) is 29.8 Å². The second-order valence-corrected chi connectivity index (χ2v) is 10.2. The molecule has 2 aliphatic rings. The molecular formula is C27H28ClF3N2O2. The third-order valence-corrected chi connectivity index (χ3v) is 7.81. The number of alkyl halides is 3. The monoisotopic (exact) mass is 504 g/mol. The minimum atomic E-state index is -4.42. The predicted octanol–water partition coefficient (Wildman–Crippen LogP) is 6.60. The van der Waals surface area contributed by atoms with Crippen LogP contribution in [0.25, 0.3) is 10.9 Å². The van der Waals surface area contributed by atoms with Crippen LogP contribution in [0.3, 0.4) is 0 Å². The Morgan fingerprint density at radius 2 is 1.86 bits per heavy atom. The molecule has 2 unspecified atom stereocenters. The molecule has 4 nitrogen and oxygen atoms in total. The zero-order valence-electron chi connectivity index (χ0n) is 19.3. The average Bonchev–Trinajstić information content (AvgIpc) is 3.35. The van der Waals surface area contributed by atoms with Crippen molar-refractivity contribution < 1.29 is 18.4 Å². The Labute approximate surface area is 206 Å². The van der Waals surface area contributed by atoms with E-state index >= 15 is 0 Å². The molecule has 0 radical (unpaired) electrons. The fourth-order valence-corrected chi connectivity index (χ4v) is 6.03. The molecule has 1 saturated heterocycles. The average molecular weight is 505 g/mol. The number of hydrogen-bond acceptors (Lipinski definition) is 3. The SMILES string of the molecule is O=c1c2c(n(O)c3ccc(Cl)cc13)CC(c1cccc(C(F)(F)F)c1)CC2CCCN1CCCC1. The molecule has 186 valence electrons. The maximum Gasteiger partial charge on any atom is 0.416 e. The molecule has 0 saturated carbocycles. The number of rotatable bonds is 5. The highest BCUT2D eigenvalue weighted by Gasteiger charge is 2.35. The molecule has 1 fully saturated rings. The quantitative estimate of drug-likeness (QED) is 0.398. The lowest BCUT2D eigenvalue weighted by Crippen LogP contribution is -2.30.